The summed E-state index contributed by atoms with van der Waals surface area (Å²) in [6.45, 7) is 0.349. The van der Waals surface area contributed by atoms with Crippen molar-refractivity contribution in [3.05, 3.63) is 0 Å². The van der Waals surface area contributed by atoms with Crippen molar-refractivity contribution < 1.29 is 4.39 Å². The highest BCUT2D eigenvalue weighted by atomic mass is 19.1. The van der Waals surface area contributed by atoms with E-state index < -0.39 is 0 Å². The Labute approximate surface area is 67.4 Å². The van der Waals surface area contributed by atoms with Gasteiger partial charge in [0, 0.05) is 12.6 Å². The summed E-state index contributed by atoms with van der Waals surface area (Å²) in [7, 11) is 0. The third kappa shape index (κ3) is 1.41. The van der Waals surface area contributed by atoms with E-state index >= 15 is 0 Å². The summed E-state index contributed by atoms with van der Waals surface area (Å²) in [4.78, 5) is 0. The van der Waals surface area contributed by atoms with Crippen LogP contribution in [0.3, 0.4) is 0 Å². The van der Waals surface area contributed by atoms with Crippen LogP contribution in [0.2, 0.25) is 0 Å². The predicted octanol–water partition coefficient (Wildman–Crippen LogP) is 1.73. The molecule has 11 heavy (non-hydrogen) atoms. The molecule has 0 spiro atoms. The van der Waals surface area contributed by atoms with Gasteiger partial charge in [-0.2, -0.15) is 0 Å². The van der Waals surface area contributed by atoms with Gasteiger partial charge < -0.3 is 5.32 Å². The van der Waals surface area contributed by atoms with E-state index in [-0.39, 0.29) is 6.67 Å². The van der Waals surface area contributed by atoms with Crippen molar-refractivity contribution in [1.82, 2.24) is 5.32 Å². The molecule has 2 heteroatoms. The maximum Gasteiger partial charge on any atom is 0.102 e. The molecule has 0 aromatic carbocycles. The zero-order valence-corrected chi connectivity index (χ0v) is 6.85. The van der Waals surface area contributed by atoms with E-state index in [2.05, 4.69) is 5.32 Å². The highest BCUT2D eigenvalue weighted by Gasteiger charge is 2.38. The fourth-order valence-electron chi connectivity index (χ4n) is 2.73. The Hall–Kier alpha value is -0.110. The first-order valence-corrected chi connectivity index (χ1v) is 4.69. The topological polar surface area (TPSA) is 12.0 Å². The van der Waals surface area contributed by atoms with Crippen LogP contribution in [0.15, 0.2) is 0 Å². The molecule has 2 aliphatic carbocycles. The van der Waals surface area contributed by atoms with Crippen molar-refractivity contribution in [2.75, 3.05) is 13.2 Å². The van der Waals surface area contributed by atoms with Crippen LogP contribution >= 0.6 is 0 Å². The van der Waals surface area contributed by atoms with Gasteiger partial charge in [0.05, 0.1) is 0 Å². The van der Waals surface area contributed by atoms with Gasteiger partial charge in [0.25, 0.3) is 0 Å². The summed E-state index contributed by atoms with van der Waals surface area (Å²) in [6.07, 6.45) is 5.53. The minimum Gasteiger partial charge on any atom is -0.311 e. The molecule has 2 aliphatic rings. The Balaban J connectivity index is 1.78. The number of alkyl halides is 1. The number of hydrogen-bond acceptors (Lipinski definition) is 1. The molecule has 2 saturated carbocycles. The van der Waals surface area contributed by atoms with Gasteiger partial charge in [-0.3, -0.25) is 0 Å². The van der Waals surface area contributed by atoms with Crippen LogP contribution in [0.4, 0.5) is 4.39 Å². The fraction of sp³-hybridized carbons (Fsp3) is 1.00. The monoisotopic (exact) mass is 157 g/mol. The van der Waals surface area contributed by atoms with E-state index in [9.17, 15) is 4.39 Å². The highest BCUT2D eigenvalue weighted by molar-refractivity contribution is 4.93. The number of halogens is 1. The van der Waals surface area contributed by atoms with Gasteiger partial charge >= 0.3 is 0 Å². The van der Waals surface area contributed by atoms with E-state index in [0.717, 1.165) is 11.8 Å². The lowest BCUT2D eigenvalue weighted by molar-refractivity contribution is 0.336. The van der Waals surface area contributed by atoms with E-state index in [4.69, 9.17) is 0 Å². The lowest BCUT2D eigenvalue weighted by atomic mass is 9.95. The molecule has 0 saturated heterocycles. The third-order valence-electron chi connectivity index (χ3n) is 3.24. The summed E-state index contributed by atoms with van der Waals surface area (Å²) >= 11 is 0. The van der Waals surface area contributed by atoms with Crippen LogP contribution < -0.4 is 5.32 Å². The molecule has 64 valence electrons. The van der Waals surface area contributed by atoms with Gasteiger partial charge in [0.2, 0.25) is 0 Å². The molecule has 2 rings (SSSR count). The molecule has 2 bridgehead atoms. The summed E-state index contributed by atoms with van der Waals surface area (Å²) in [5.74, 6) is 1.85. The normalized spacial score (nSPS) is 41.7. The van der Waals surface area contributed by atoms with Gasteiger partial charge in [0.1, 0.15) is 6.67 Å². The summed E-state index contributed by atoms with van der Waals surface area (Å²) in [6, 6.07) is 0.657. The number of fused-ring (bicyclic) bond motifs is 2. The largest absolute Gasteiger partial charge is 0.311 e. The van der Waals surface area contributed by atoms with E-state index in [1.165, 1.54) is 25.7 Å². The first kappa shape index (κ1) is 7.53. The van der Waals surface area contributed by atoms with Crippen molar-refractivity contribution in [2.45, 2.75) is 31.7 Å². The molecule has 0 radical (unpaired) electrons. The molecule has 1 nitrogen and oxygen atoms in total. The van der Waals surface area contributed by atoms with Crippen LogP contribution in [0.5, 0.6) is 0 Å². The molecular weight excluding hydrogens is 141 g/mol. The lowest BCUT2D eigenvalue weighted by Gasteiger charge is -2.22. The van der Waals surface area contributed by atoms with E-state index in [1.54, 1.807) is 0 Å². The maximum atomic E-state index is 11.8. The van der Waals surface area contributed by atoms with Crippen molar-refractivity contribution in [3.63, 3.8) is 0 Å². The lowest BCUT2D eigenvalue weighted by Crippen LogP contribution is -2.35. The Morgan fingerprint density at radius 1 is 1.27 bits per heavy atom. The van der Waals surface area contributed by atoms with E-state index in [1.807, 2.05) is 0 Å². The second-order valence-electron chi connectivity index (χ2n) is 3.92. The van der Waals surface area contributed by atoms with Crippen molar-refractivity contribution in [2.24, 2.45) is 11.8 Å². The summed E-state index contributed by atoms with van der Waals surface area (Å²) < 4.78 is 11.8. The second-order valence-corrected chi connectivity index (χ2v) is 3.92. The van der Waals surface area contributed by atoms with Crippen LogP contribution in [-0.4, -0.2) is 19.3 Å². The summed E-state index contributed by atoms with van der Waals surface area (Å²) in [5, 5.41) is 3.29. The van der Waals surface area contributed by atoms with Crippen molar-refractivity contribution >= 4 is 0 Å². The first-order chi connectivity index (χ1) is 5.40. The van der Waals surface area contributed by atoms with Crippen LogP contribution in [0.1, 0.15) is 25.7 Å². The van der Waals surface area contributed by atoms with Crippen LogP contribution in [0.25, 0.3) is 0 Å². The number of nitrogens with one attached hydrogen (secondary N) is 1. The Bertz CT molecular complexity index is 138. The summed E-state index contributed by atoms with van der Waals surface area (Å²) in [5.41, 5.74) is 0. The second kappa shape index (κ2) is 3.10. The molecule has 2 fully saturated rings. The minimum atomic E-state index is -0.214. The fourth-order valence-corrected chi connectivity index (χ4v) is 2.73. The molecule has 0 aromatic rings. The molecule has 0 heterocycles. The molecule has 1 N–H and O–H groups in total. The van der Waals surface area contributed by atoms with Crippen molar-refractivity contribution in [1.29, 1.82) is 0 Å². The quantitative estimate of drug-likeness (QED) is 0.658. The molecule has 3 atom stereocenters. The maximum absolute atomic E-state index is 11.8. The number of hydrogen-bond donors (Lipinski definition) is 1. The van der Waals surface area contributed by atoms with Crippen LogP contribution in [-0.2, 0) is 0 Å². The van der Waals surface area contributed by atoms with E-state index in [0.29, 0.717) is 12.6 Å². The van der Waals surface area contributed by atoms with Gasteiger partial charge in [0.15, 0.2) is 0 Å². The minimum absolute atomic E-state index is 0.214. The molecule has 3 unspecified atom stereocenters. The van der Waals surface area contributed by atoms with Gasteiger partial charge in [-0.15, -0.1) is 0 Å². The average Bonchev–Trinajstić information content (AvgIpc) is 2.60. The zero-order valence-electron chi connectivity index (χ0n) is 6.85. The zero-order chi connectivity index (χ0) is 7.68. The molecular formula is C9H16FN. The van der Waals surface area contributed by atoms with Crippen molar-refractivity contribution in [3.8, 4) is 0 Å². The van der Waals surface area contributed by atoms with Crippen LogP contribution in [0, 0.1) is 11.8 Å². The smallest absolute Gasteiger partial charge is 0.102 e. The Morgan fingerprint density at radius 2 is 2.18 bits per heavy atom. The molecule has 0 aliphatic heterocycles. The van der Waals surface area contributed by atoms with Gasteiger partial charge in [-0.25, -0.2) is 4.39 Å². The third-order valence-corrected chi connectivity index (χ3v) is 3.24. The highest BCUT2D eigenvalue weighted by Crippen LogP contribution is 2.44. The predicted molar refractivity (Wildman–Crippen MR) is 43.2 cm³/mol. The molecule has 0 amide bonds. The molecule has 0 aromatic heterocycles. The number of rotatable bonds is 3. The Morgan fingerprint density at radius 3 is 2.73 bits per heavy atom. The standard InChI is InChI=1S/C9H16FN/c10-3-4-11-9-6-7-1-2-8(9)5-7/h7-9,11H,1-6H2. The SMILES string of the molecule is FCCNC1CC2CCC1C2. The first-order valence-electron chi connectivity index (χ1n) is 4.69. The average molecular weight is 157 g/mol. The van der Waals surface area contributed by atoms with Gasteiger partial charge in [-0.1, -0.05) is 6.42 Å². The van der Waals surface area contributed by atoms with Gasteiger partial charge in [-0.05, 0) is 31.1 Å². The Kier molecular flexibility index (Phi) is 2.12.